The first-order chi connectivity index (χ1) is 13.5. The van der Waals surface area contributed by atoms with Crippen LogP contribution in [0.4, 0.5) is 5.95 Å². The number of amides is 1. The maximum absolute atomic E-state index is 12.5. The predicted octanol–water partition coefficient (Wildman–Crippen LogP) is 3.14. The summed E-state index contributed by atoms with van der Waals surface area (Å²) in [5.74, 6) is 0.432. The van der Waals surface area contributed by atoms with Crippen molar-refractivity contribution < 1.29 is 4.79 Å². The van der Waals surface area contributed by atoms with Crippen molar-refractivity contribution in [3.63, 3.8) is 0 Å². The van der Waals surface area contributed by atoms with Gasteiger partial charge in [0.1, 0.15) is 0 Å². The first-order valence-electron chi connectivity index (χ1n) is 9.07. The molecular weight excluding hydrogens is 354 g/mol. The Labute approximate surface area is 162 Å². The van der Waals surface area contributed by atoms with E-state index < -0.39 is 0 Å². The van der Waals surface area contributed by atoms with Gasteiger partial charge in [-0.2, -0.15) is 5.10 Å². The number of hydrogen-bond acceptors (Lipinski definition) is 5. The zero-order valence-electron chi connectivity index (χ0n) is 16.0. The van der Waals surface area contributed by atoms with Crippen molar-refractivity contribution in [2.45, 2.75) is 20.4 Å². The summed E-state index contributed by atoms with van der Waals surface area (Å²) in [5.41, 5.74) is 3.22. The Morgan fingerprint density at radius 3 is 2.82 bits per heavy atom. The Morgan fingerprint density at radius 2 is 2.07 bits per heavy atom. The molecule has 142 valence electrons. The Bertz CT molecular complexity index is 1140. The zero-order chi connectivity index (χ0) is 19.7. The van der Waals surface area contributed by atoms with E-state index in [0.29, 0.717) is 11.5 Å². The highest BCUT2D eigenvalue weighted by molar-refractivity contribution is 6.03. The van der Waals surface area contributed by atoms with E-state index in [0.717, 1.165) is 28.7 Å². The molecule has 0 radical (unpaired) electrons. The van der Waals surface area contributed by atoms with Crippen molar-refractivity contribution in [3.05, 3.63) is 54.9 Å². The lowest BCUT2D eigenvalue weighted by Gasteiger charge is -2.06. The second kappa shape index (κ2) is 7.22. The monoisotopic (exact) mass is 375 g/mol. The smallest absolute Gasteiger partial charge is 0.261 e. The number of carbonyl (C=O) groups is 1. The number of anilines is 1. The standard InChI is InChI=1S/C20H21N7O/c1-13(2)10-27-11-16(8-23-27)19(28)25-20-22-7-15-5-4-14(6-17(15)24-20)18-9-21-12-26(18)3/h4-9,11-13H,10H2,1-3H3,(H,22,24,25,28). The summed E-state index contributed by atoms with van der Waals surface area (Å²) >= 11 is 0. The minimum Gasteiger partial charge on any atom is -0.334 e. The number of nitrogens with zero attached hydrogens (tertiary/aromatic N) is 6. The SMILES string of the molecule is CC(C)Cn1cc(C(=O)Nc2ncc3ccc(-c4cncn4C)cc3n2)cn1. The van der Waals surface area contributed by atoms with Gasteiger partial charge >= 0.3 is 0 Å². The largest absolute Gasteiger partial charge is 0.334 e. The minimum absolute atomic E-state index is 0.260. The number of aromatic nitrogens is 6. The Hall–Kier alpha value is -3.55. The number of fused-ring (bicyclic) bond motifs is 1. The topological polar surface area (TPSA) is 90.5 Å². The van der Waals surface area contributed by atoms with Crippen LogP contribution in [0.3, 0.4) is 0 Å². The van der Waals surface area contributed by atoms with Crippen molar-refractivity contribution >= 4 is 22.8 Å². The Kier molecular flexibility index (Phi) is 4.60. The molecule has 0 spiro atoms. The lowest BCUT2D eigenvalue weighted by Crippen LogP contribution is -2.13. The van der Waals surface area contributed by atoms with E-state index in [-0.39, 0.29) is 11.9 Å². The van der Waals surface area contributed by atoms with Gasteiger partial charge in [0.15, 0.2) is 0 Å². The number of aryl methyl sites for hydroxylation is 1. The van der Waals surface area contributed by atoms with E-state index in [4.69, 9.17) is 0 Å². The molecule has 3 aromatic heterocycles. The second-order valence-electron chi connectivity index (χ2n) is 7.16. The van der Waals surface area contributed by atoms with Gasteiger partial charge in [0.2, 0.25) is 5.95 Å². The Morgan fingerprint density at radius 1 is 1.21 bits per heavy atom. The molecule has 0 saturated carbocycles. The van der Waals surface area contributed by atoms with Crippen LogP contribution >= 0.6 is 0 Å². The number of rotatable bonds is 5. The van der Waals surface area contributed by atoms with Crippen LogP contribution in [0.25, 0.3) is 22.2 Å². The molecule has 0 fully saturated rings. The maximum Gasteiger partial charge on any atom is 0.261 e. The molecule has 3 heterocycles. The van der Waals surface area contributed by atoms with Crippen molar-refractivity contribution in [1.82, 2.24) is 29.3 Å². The van der Waals surface area contributed by atoms with Crippen molar-refractivity contribution in [1.29, 1.82) is 0 Å². The highest BCUT2D eigenvalue weighted by atomic mass is 16.1. The third kappa shape index (κ3) is 3.62. The van der Waals surface area contributed by atoms with Crippen LogP contribution in [0.2, 0.25) is 0 Å². The van der Waals surface area contributed by atoms with Gasteiger partial charge in [-0.25, -0.2) is 15.0 Å². The molecule has 0 bridgehead atoms. The average Bonchev–Trinajstić information content (AvgIpc) is 3.29. The van der Waals surface area contributed by atoms with Crippen LogP contribution in [-0.4, -0.2) is 35.2 Å². The molecule has 4 aromatic rings. The normalized spacial score (nSPS) is 11.3. The van der Waals surface area contributed by atoms with Gasteiger partial charge in [0, 0.05) is 36.9 Å². The molecule has 8 heteroatoms. The van der Waals surface area contributed by atoms with E-state index in [1.807, 2.05) is 29.8 Å². The zero-order valence-corrected chi connectivity index (χ0v) is 16.0. The summed E-state index contributed by atoms with van der Waals surface area (Å²) in [6, 6.07) is 5.92. The summed E-state index contributed by atoms with van der Waals surface area (Å²) in [6.07, 6.45) is 8.55. The number of imidazole rings is 1. The molecule has 0 aliphatic carbocycles. The average molecular weight is 375 g/mol. The molecule has 0 unspecified atom stereocenters. The highest BCUT2D eigenvalue weighted by Crippen LogP contribution is 2.23. The third-order valence-electron chi connectivity index (χ3n) is 4.37. The summed E-state index contributed by atoms with van der Waals surface area (Å²) in [6.45, 7) is 4.96. The van der Waals surface area contributed by atoms with Crippen molar-refractivity contribution in [2.75, 3.05) is 5.32 Å². The van der Waals surface area contributed by atoms with E-state index in [9.17, 15) is 4.79 Å². The van der Waals surface area contributed by atoms with Crippen LogP contribution in [0, 0.1) is 5.92 Å². The molecule has 1 aromatic carbocycles. The second-order valence-corrected chi connectivity index (χ2v) is 7.16. The molecular formula is C20H21N7O. The van der Waals surface area contributed by atoms with E-state index in [2.05, 4.69) is 39.2 Å². The predicted molar refractivity (Wildman–Crippen MR) is 107 cm³/mol. The summed E-state index contributed by atoms with van der Waals surface area (Å²) in [5, 5.41) is 7.87. The lowest BCUT2D eigenvalue weighted by atomic mass is 10.1. The number of benzene rings is 1. The number of hydrogen-bond donors (Lipinski definition) is 1. The molecule has 0 atom stereocenters. The van der Waals surface area contributed by atoms with Crippen LogP contribution in [-0.2, 0) is 13.6 Å². The van der Waals surface area contributed by atoms with Gasteiger partial charge in [-0.1, -0.05) is 26.0 Å². The number of nitrogens with one attached hydrogen (secondary N) is 1. The first kappa shape index (κ1) is 17.8. The fourth-order valence-electron chi connectivity index (χ4n) is 3.01. The molecule has 0 aliphatic rings. The van der Waals surface area contributed by atoms with Gasteiger partial charge < -0.3 is 4.57 Å². The highest BCUT2D eigenvalue weighted by Gasteiger charge is 2.12. The van der Waals surface area contributed by atoms with Crippen LogP contribution in [0.5, 0.6) is 0 Å². The third-order valence-corrected chi connectivity index (χ3v) is 4.37. The van der Waals surface area contributed by atoms with Gasteiger partial charge in [0.05, 0.1) is 35.5 Å². The maximum atomic E-state index is 12.5. The van der Waals surface area contributed by atoms with Crippen LogP contribution in [0.15, 0.2) is 49.3 Å². The molecule has 0 aliphatic heterocycles. The Balaban J connectivity index is 1.57. The molecule has 1 amide bonds. The molecule has 0 saturated heterocycles. The van der Waals surface area contributed by atoms with Gasteiger partial charge in [-0.05, 0) is 12.0 Å². The summed E-state index contributed by atoms with van der Waals surface area (Å²) in [4.78, 5) is 25.4. The van der Waals surface area contributed by atoms with E-state index in [1.54, 1.807) is 35.8 Å². The summed E-state index contributed by atoms with van der Waals surface area (Å²) in [7, 11) is 1.94. The van der Waals surface area contributed by atoms with Gasteiger partial charge in [0.25, 0.3) is 5.91 Å². The minimum atomic E-state index is -0.280. The van der Waals surface area contributed by atoms with Crippen LogP contribution < -0.4 is 5.32 Å². The molecule has 28 heavy (non-hydrogen) atoms. The van der Waals surface area contributed by atoms with Crippen LogP contribution in [0.1, 0.15) is 24.2 Å². The molecule has 4 rings (SSSR count). The van der Waals surface area contributed by atoms with Gasteiger partial charge in [-0.3, -0.25) is 14.8 Å². The quantitative estimate of drug-likeness (QED) is 0.579. The molecule has 1 N–H and O–H groups in total. The van der Waals surface area contributed by atoms with Crippen molar-refractivity contribution in [3.8, 4) is 11.3 Å². The van der Waals surface area contributed by atoms with E-state index in [1.165, 1.54) is 0 Å². The number of carbonyl (C=O) groups excluding carboxylic acids is 1. The van der Waals surface area contributed by atoms with E-state index >= 15 is 0 Å². The summed E-state index contributed by atoms with van der Waals surface area (Å²) < 4.78 is 3.71. The first-order valence-corrected chi connectivity index (χ1v) is 9.07. The fraction of sp³-hybridized carbons (Fsp3) is 0.250. The van der Waals surface area contributed by atoms with Crippen molar-refractivity contribution in [2.24, 2.45) is 13.0 Å². The van der Waals surface area contributed by atoms with Gasteiger partial charge in [-0.15, -0.1) is 0 Å². The fourth-order valence-corrected chi connectivity index (χ4v) is 3.01. The lowest BCUT2D eigenvalue weighted by molar-refractivity contribution is 0.102. The molecule has 8 nitrogen and oxygen atoms in total.